The van der Waals surface area contributed by atoms with E-state index in [1.807, 2.05) is 0 Å². The van der Waals surface area contributed by atoms with Crippen LogP contribution in [0.15, 0.2) is 0 Å². The Morgan fingerprint density at radius 1 is 1.07 bits per heavy atom. The Morgan fingerprint density at radius 2 is 1.73 bits per heavy atom. The third-order valence-electron chi connectivity index (χ3n) is 1.61. The Hall–Kier alpha value is -0.330. The van der Waals surface area contributed by atoms with Crippen molar-refractivity contribution in [1.29, 1.82) is 0 Å². The van der Waals surface area contributed by atoms with E-state index in [0.717, 1.165) is 12.8 Å². The summed E-state index contributed by atoms with van der Waals surface area (Å²) < 4.78 is 43.3. The minimum atomic E-state index is -4.53. The maximum atomic E-state index is 11.5. The smallest absolute Gasteiger partial charge is 0.380 e. The number of ether oxygens (including phenoxy) is 2. The van der Waals surface area contributed by atoms with E-state index in [1.165, 1.54) is 0 Å². The van der Waals surface area contributed by atoms with Crippen molar-refractivity contribution < 1.29 is 22.6 Å². The lowest BCUT2D eigenvalue weighted by Crippen LogP contribution is -2.27. The van der Waals surface area contributed by atoms with Crippen molar-refractivity contribution >= 4 is 0 Å². The van der Waals surface area contributed by atoms with Gasteiger partial charge in [0.05, 0.1) is 13.2 Å². The summed E-state index contributed by atoms with van der Waals surface area (Å²) in [5, 5.41) is 2.78. The van der Waals surface area contributed by atoms with Gasteiger partial charge in [0.2, 0.25) is 0 Å². The van der Waals surface area contributed by atoms with Crippen LogP contribution in [0.5, 0.6) is 0 Å². The molecule has 0 aromatic heterocycles. The zero-order chi connectivity index (χ0) is 11.6. The average molecular weight is 229 g/mol. The molecule has 1 N–H and O–H groups in total. The number of unbranched alkanes of at least 4 members (excludes halogenated alkanes) is 1. The molecule has 6 heteroatoms. The largest absolute Gasteiger partial charge is 0.522 e. The summed E-state index contributed by atoms with van der Waals surface area (Å²) in [6, 6.07) is 0. The molecule has 0 bridgehead atoms. The van der Waals surface area contributed by atoms with Crippen LogP contribution >= 0.6 is 0 Å². The lowest BCUT2D eigenvalue weighted by molar-refractivity contribution is -0.323. The first kappa shape index (κ1) is 14.7. The Bertz CT molecular complexity index is 142. The molecule has 0 atom stereocenters. The van der Waals surface area contributed by atoms with Gasteiger partial charge in [-0.05, 0) is 6.42 Å². The quantitative estimate of drug-likeness (QED) is 0.613. The number of rotatable bonds is 9. The van der Waals surface area contributed by atoms with Gasteiger partial charge in [-0.3, -0.25) is 4.74 Å². The lowest BCUT2D eigenvalue weighted by atomic mass is 10.4. The van der Waals surface area contributed by atoms with E-state index >= 15 is 0 Å². The fraction of sp³-hybridized carbons (Fsp3) is 1.00. The zero-order valence-electron chi connectivity index (χ0n) is 8.90. The highest BCUT2D eigenvalue weighted by Gasteiger charge is 2.28. The van der Waals surface area contributed by atoms with Crippen LogP contribution in [0, 0.1) is 0 Å². The second-order valence-corrected chi connectivity index (χ2v) is 3.01. The van der Waals surface area contributed by atoms with Crippen molar-refractivity contribution in [3.05, 3.63) is 0 Å². The fourth-order valence-corrected chi connectivity index (χ4v) is 0.857. The van der Waals surface area contributed by atoms with Gasteiger partial charge in [0.1, 0.15) is 0 Å². The van der Waals surface area contributed by atoms with Crippen LogP contribution in [0.2, 0.25) is 0 Å². The van der Waals surface area contributed by atoms with Crippen molar-refractivity contribution in [2.75, 3.05) is 32.9 Å². The van der Waals surface area contributed by atoms with Crippen LogP contribution in [-0.2, 0) is 9.47 Å². The Balaban J connectivity index is 2.99. The monoisotopic (exact) mass is 229 g/mol. The highest BCUT2D eigenvalue weighted by molar-refractivity contribution is 4.45. The second kappa shape index (κ2) is 8.94. The highest BCUT2D eigenvalue weighted by atomic mass is 19.4. The summed E-state index contributed by atoms with van der Waals surface area (Å²) in [6.07, 6.45) is -2.44. The van der Waals surface area contributed by atoms with Crippen LogP contribution in [0.25, 0.3) is 0 Å². The van der Waals surface area contributed by atoms with Crippen molar-refractivity contribution in [2.45, 2.75) is 26.1 Å². The topological polar surface area (TPSA) is 30.5 Å². The number of hydrogen-bond donors (Lipinski definition) is 1. The summed E-state index contributed by atoms with van der Waals surface area (Å²) in [4.78, 5) is 0. The van der Waals surface area contributed by atoms with Crippen molar-refractivity contribution in [3.8, 4) is 0 Å². The zero-order valence-corrected chi connectivity index (χ0v) is 8.90. The normalized spacial score (nSPS) is 12.0. The first-order valence-corrected chi connectivity index (χ1v) is 5.05. The predicted octanol–water partition coefficient (Wildman–Crippen LogP) is 1.93. The van der Waals surface area contributed by atoms with E-state index < -0.39 is 6.36 Å². The summed E-state index contributed by atoms with van der Waals surface area (Å²) in [6.45, 7) is 3.65. The standard InChI is InChI=1S/C9H18F3NO2/c1-2-3-6-14-7-4-13-5-8-15-9(10,11)12/h13H,2-8H2,1H3. The van der Waals surface area contributed by atoms with Crippen LogP contribution in [-0.4, -0.2) is 39.3 Å². The highest BCUT2D eigenvalue weighted by Crippen LogP contribution is 2.14. The number of nitrogens with one attached hydrogen (secondary N) is 1. The van der Waals surface area contributed by atoms with E-state index in [1.54, 1.807) is 0 Å². The Morgan fingerprint density at radius 3 is 2.33 bits per heavy atom. The third kappa shape index (κ3) is 13.7. The third-order valence-corrected chi connectivity index (χ3v) is 1.61. The number of hydrogen-bond acceptors (Lipinski definition) is 3. The second-order valence-electron chi connectivity index (χ2n) is 3.01. The van der Waals surface area contributed by atoms with Gasteiger partial charge in [-0.15, -0.1) is 13.2 Å². The summed E-state index contributed by atoms with van der Waals surface area (Å²) in [5.74, 6) is 0. The van der Waals surface area contributed by atoms with Gasteiger partial charge in [0, 0.05) is 19.7 Å². The molecule has 3 nitrogen and oxygen atoms in total. The van der Waals surface area contributed by atoms with E-state index in [2.05, 4.69) is 17.0 Å². The maximum absolute atomic E-state index is 11.5. The molecule has 0 aromatic carbocycles. The van der Waals surface area contributed by atoms with Crippen LogP contribution in [0.1, 0.15) is 19.8 Å². The fourth-order valence-electron chi connectivity index (χ4n) is 0.857. The molecule has 0 radical (unpaired) electrons. The van der Waals surface area contributed by atoms with Gasteiger partial charge in [0.25, 0.3) is 0 Å². The molecule has 0 aliphatic rings. The molecule has 0 fully saturated rings. The molecule has 0 saturated carbocycles. The van der Waals surface area contributed by atoms with Gasteiger partial charge in [0.15, 0.2) is 0 Å². The van der Waals surface area contributed by atoms with E-state index in [9.17, 15) is 13.2 Å². The molecule has 0 aliphatic heterocycles. The van der Waals surface area contributed by atoms with Crippen LogP contribution in [0.4, 0.5) is 13.2 Å². The summed E-state index contributed by atoms with van der Waals surface area (Å²) in [7, 11) is 0. The van der Waals surface area contributed by atoms with E-state index in [4.69, 9.17) is 4.74 Å². The molecule has 0 unspecified atom stereocenters. The minimum Gasteiger partial charge on any atom is -0.380 e. The molecular formula is C9H18F3NO2. The van der Waals surface area contributed by atoms with Gasteiger partial charge in [-0.1, -0.05) is 13.3 Å². The maximum Gasteiger partial charge on any atom is 0.522 e. The van der Waals surface area contributed by atoms with Gasteiger partial charge >= 0.3 is 6.36 Å². The molecule has 0 amide bonds. The van der Waals surface area contributed by atoms with Crippen LogP contribution < -0.4 is 5.32 Å². The molecule has 15 heavy (non-hydrogen) atoms. The summed E-state index contributed by atoms with van der Waals surface area (Å²) >= 11 is 0. The Kier molecular flexibility index (Phi) is 8.74. The van der Waals surface area contributed by atoms with Gasteiger partial charge in [-0.2, -0.15) is 0 Å². The SMILES string of the molecule is CCCCOCCNCCOC(F)(F)F. The number of alkyl halides is 3. The molecule has 0 aliphatic carbocycles. The molecule has 0 spiro atoms. The van der Waals surface area contributed by atoms with Crippen molar-refractivity contribution in [3.63, 3.8) is 0 Å². The molecule has 0 heterocycles. The molecule has 92 valence electrons. The van der Waals surface area contributed by atoms with Crippen molar-refractivity contribution in [2.24, 2.45) is 0 Å². The predicted molar refractivity (Wildman–Crippen MR) is 50.6 cm³/mol. The molecule has 0 rings (SSSR count). The van der Waals surface area contributed by atoms with E-state index in [0.29, 0.717) is 19.8 Å². The summed E-state index contributed by atoms with van der Waals surface area (Å²) in [5.41, 5.74) is 0. The molecule has 0 saturated heterocycles. The molecular weight excluding hydrogens is 211 g/mol. The number of halogens is 3. The van der Waals surface area contributed by atoms with E-state index in [-0.39, 0.29) is 13.2 Å². The minimum absolute atomic E-state index is 0.177. The lowest BCUT2D eigenvalue weighted by Gasteiger charge is -2.08. The van der Waals surface area contributed by atoms with Crippen molar-refractivity contribution in [1.82, 2.24) is 5.32 Å². The van der Waals surface area contributed by atoms with Gasteiger partial charge < -0.3 is 10.1 Å². The molecule has 0 aromatic rings. The Labute approximate surface area is 87.9 Å². The first-order chi connectivity index (χ1) is 7.06. The average Bonchev–Trinajstić information content (AvgIpc) is 2.14. The van der Waals surface area contributed by atoms with Crippen LogP contribution in [0.3, 0.4) is 0 Å². The van der Waals surface area contributed by atoms with Gasteiger partial charge in [-0.25, -0.2) is 0 Å². The first-order valence-electron chi connectivity index (χ1n) is 5.05.